The van der Waals surface area contributed by atoms with E-state index in [1.54, 1.807) is 0 Å². The highest BCUT2D eigenvalue weighted by atomic mass is 79.9. The number of aliphatic hydroxyl groups is 1. The van der Waals surface area contributed by atoms with Crippen LogP contribution < -0.4 is 10.6 Å². The van der Waals surface area contributed by atoms with Crippen LogP contribution in [0.15, 0.2) is 30.3 Å². The minimum Gasteiger partial charge on any atom is -0.394 e. The number of amides is 3. The second kappa shape index (κ2) is 11.2. The molecule has 8 atom stereocenters. The van der Waals surface area contributed by atoms with Crippen LogP contribution in [0, 0.1) is 11.8 Å². The number of hydrogen-bond donors (Lipinski definition) is 3. The Morgan fingerprint density at radius 2 is 1.94 bits per heavy atom. The number of carbonyl (C=O) groups is 3. The number of nitrogens with one attached hydrogen (secondary N) is 2. The highest BCUT2D eigenvalue weighted by Crippen LogP contribution is 2.60. The van der Waals surface area contributed by atoms with Crippen LogP contribution in [-0.4, -0.2) is 75.5 Å². The van der Waals surface area contributed by atoms with Gasteiger partial charge in [-0.15, -0.1) is 0 Å². The zero-order chi connectivity index (χ0) is 26.0. The number of ether oxygens (including phenoxy) is 1. The zero-order valence-electron chi connectivity index (χ0n) is 21.3. The Hall–Kier alpha value is -1.97. The summed E-state index contributed by atoms with van der Waals surface area (Å²) in [6.45, 7) is 6.19. The van der Waals surface area contributed by atoms with Gasteiger partial charge in [0, 0.05) is 17.4 Å². The van der Waals surface area contributed by atoms with E-state index in [9.17, 15) is 19.5 Å². The average Bonchev–Trinajstić information content (AvgIpc) is 3.45. The summed E-state index contributed by atoms with van der Waals surface area (Å²) in [4.78, 5) is 42.7. The molecule has 0 aromatic heterocycles. The lowest BCUT2D eigenvalue weighted by atomic mass is 9.70. The molecule has 0 saturated carbocycles. The van der Waals surface area contributed by atoms with E-state index < -0.39 is 35.6 Å². The summed E-state index contributed by atoms with van der Waals surface area (Å²) in [7, 11) is 0. The van der Waals surface area contributed by atoms with E-state index in [-0.39, 0.29) is 35.2 Å². The molecule has 36 heavy (non-hydrogen) atoms. The van der Waals surface area contributed by atoms with E-state index in [2.05, 4.69) is 33.5 Å². The number of nitrogens with zero attached hydrogens (tertiary/aromatic N) is 1. The fourth-order valence-corrected chi connectivity index (χ4v) is 7.33. The van der Waals surface area contributed by atoms with Gasteiger partial charge in [0.25, 0.3) is 0 Å². The number of fused-ring (bicyclic) bond motifs is 1. The second-order valence-electron chi connectivity index (χ2n) is 10.4. The SMILES string of the molecule is CCCNC(=O)[C@H]1[C@@H]2OC3(CC2Br)C(C(=O)NC(C)CCC)N([C@@H](CO)Cc2ccccc2)C(=O)[C@H]13. The van der Waals surface area contributed by atoms with Gasteiger partial charge in [0.1, 0.15) is 11.6 Å². The van der Waals surface area contributed by atoms with Gasteiger partial charge in [-0.1, -0.05) is 66.5 Å². The molecule has 3 fully saturated rings. The van der Waals surface area contributed by atoms with Crippen molar-refractivity contribution in [2.75, 3.05) is 13.2 Å². The zero-order valence-corrected chi connectivity index (χ0v) is 22.9. The normalized spacial score (nSPS) is 32.3. The largest absolute Gasteiger partial charge is 0.394 e. The molecule has 198 valence electrons. The van der Waals surface area contributed by atoms with Gasteiger partial charge in [-0.3, -0.25) is 14.4 Å². The molecule has 1 aromatic rings. The molecule has 4 unspecified atom stereocenters. The number of alkyl halides is 1. The Bertz CT molecular complexity index is 962. The lowest BCUT2D eigenvalue weighted by molar-refractivity contribution is -0.145. The number of halogens is 1. The van der Waals surface area contributed by atoms with Crippen LogP contribution in [0.2, 0.25) is 0 Å². The molecule has 0 radical (unpaired) electrons. The Kier molecular flexibility index (Phi) is 8.42. The molecule has 0 aliphatic carbocycles. The number of likely N-dealkylation sites (tertiary alicyclic amines) is 1. The first-order chi connectivity index (χ1) is 17.3. The summed E-state index contributed by atoms with van der Waals surface area (Å²) in [5, 5.41) is 16.5. The molecule has 8 nitrogen and oxygen atoms in total. The molecule has 1 spiro atoms. The summed E-state index contributed by atoms with van der Waals surface area (Å²) in [6, 6.07) is 8.00. The van der Waals surface area contributed by atoms with Crippen molar-refractivity contribution in [1.82, 2.24) is 15.5 Å². The van der Waals surface area contributed by atoms with Crippen LogP contribution in [0.25, 0.3) is 0 Å². The van der Waals surface area contributed by atoms with Crippen LogP contribution in [0.3, 0.4) is 0 Å². The summed E-state index contributed by atoms with van der Waals surface area (Å²) in [5.41, 5.74) is -0.164. The summed E-state index contributed by atoms with van der Waals surface area (Å²) in [5.74, 6) is -2.24. The van der Waals surface area contributed by atoms with Crippen molar-refractivity contribution in [2.45, 2.75) is 87.5 Å². The molecule has 3 heterocycles. The predicted octanol–water partition coefficient (Wildman–Crippen LogP) is 2.17. The maximum absolute atomic E-state index is 14.1. The Labute approximate surface area is 221 Å². The van der Waals surface area contributed by atoms with Gasteiger partial charge in [0.2, 0.25) is 17.7 Å². The molecule has 3 N–H and O–H groups in total. The smallest absolute Gasteiger partial charge is 0.246 e. The third-order valence-electron chi connectivity index (χ3n) is 7.86. The van der Waals surface area contributed by atoms with Crippen molar-refractivity contribution in [3.63, 3.8) is 0 Å². The number of benzene rings is 1. The maximum Gasteiger partial charge on any atom is 0.246 e. The number of aliphatic hydroxyl groups excluding tert-OH is 1. The monoisotopic (exact) mass is 563 g/mol. The van der Waals surface area contributed by atoms with E-state index >= 15 is 0 Å². The van der Waals surface area contributed by atoms with E-state index in [0.29, 0.717) is 19.4 Å². The molecular weight excluding hydrogens is 526 g/mol. The topological polar surface area (TPSA) is 108 Å². The minimum atomic E-state index is -1.12. The quantitative estimate of drug-likeness (QED) is 0.357. The summed E-state index contributed by atoms with van der Waals surface area (Å²) >= 11 is 3.69. The summed E-state index contributed by atoms with van der Waals surface area (Å²) in [6.07, 6.45) is 2.87. The number of carbonyl (C=O) groups excluding carboxylic acids is 3. The van der Waals surface area contributed by atoms with E-state index in [1.807, 2.05) is 44.2 Å². The fourth-order valence-electron chi connectivity index (χ4n) is 6.39. The van der Waals surface area contributed by atoms with E-state index in [1.165, 1.54) is 4.90 Å². The van der Waals surface area contributed by atoms with Gasteiger partial charge in [0.05, 0.1) is 30.6 Å². The van der Waals surface area contributed by atoms with Gasteiger partial charge in [-0.05, 0) is 38.2 Å². The molecule has 1 aromatic carbocycles. The first-order valence-electron chi connectivity index (χ1n) is 13.2. The molecule has 3 aliphatic rings. The molecule has 3 aliphatic heterocycles. The fraction of sp³-hybridized carbons (Fsp3) is 0.667. The molecule has 3 saturated heterocycles. The van der Waals surface area contributed by atoms with Crippen LogP contribution in [0.5, 0.6) is 0 Å². The van der Waals surface area contributed by atoms with Crippen molar-refractivity contribution in [3.05, 3.63) is 35.9 Å². The third-order valence-corrected chi connectivity index (χ3v) is 8.70. The van der Waals surface area contributed by atoms with Crippen molar-refractivity contribution in [1.29, 1.82) is 0 Å². The average molecular weight is 565 g/mol. The van der Waals surface area contributed by atoms with Crippen LogP contribution in [0.4, 0.5) is 0 Å². The van der Waals surface area contributed by atoms with Gasteiger partial charge in [0.15, 0.2) is 0 Å². The Morgan fingerprint density at radius 1 is 1.22 bits per heavy atom. The summed E-state index contributed by atoms with van der Waals surface area (Å²) < 4.78 is 6.52. The molecule has 4 rings (SSSR count). The Balaban J connectivity index is 1.73. The molecule has 3 amide bonds. The van der Waals surface area contributed by atoms with Crippen molar-refractivity contribution < 1.29 is 24.2 Å². The van der Waals surface area contributed by atoms with Crippen LogP contribution >= 0.6 is 15.9 Å². The van der Waals surface area contributed by atoms with E-state index in [0.717, 1.165) is 24.8 Å². The first kappa shape index (κ1) is 27.1. The lowest BCUT2D eigenvalue weighted by Crippen LogP contribution is -2.59. The third kappa shape index (κ3) is 4.70. The lowest BCUT2D eigenvalue weighted by Gasteiger charge is -2.37. The van der Waals surface area contributed by atoms with Crippen molar-refractivity contribution >= 4 is 33.7 Å². The van der Waals surface area contributed by atoms with Crippen molar-refractivity contribution in [2.24, 2.45) is 11.8 Å². The van der Waals surface area contributed by atoms with Gasteiger partial charge in [-0.2, -0.15) is 0 Å². The maximum atomic E-state index is 14.1. The molecular formula is C27H38BrN3O5. The van der Waals surface area contributed by atoms with Crippen molar-refractivity contribution in [3.8, 4) is 0 Å². The van der Waals surface area contributed by atoms with Gasteiger partial charge < -0.3 is 25.4 Å². The highest BCUT2D eigenvalue weighted by molar-refractivity contribution is 9.09. The Morgan fingerprint density at radius 3 is 2.58 bits per heavy atom. The number of hydrogen-bond acceptors (Lipinski definition) is 5. The van der Waals surface area contributed by atoms with Crippen LogP contribution in [-0.2, 0) is 25.5 Å². The van der Waals surface area contributed by atoms with Crippen LogP contribution in [0.1, 0.15) is 52.0 Å². The molecule has 2 bridgehead atoms. The highest BCUT2D eigenvalue weighted by Gasteiger charge is 2.77. The standard InChI is InChI=1S/C27H38BrN3O5/c1-4-9-16(3)30-25(34)23-27-14-19(28)22(36-27)20(24(33)29-12-5-2)21(27)26(35)31(23)18(15-32)13-17-10-7-6-8-11-17/h6-8,10-11,16,18-23,32H,4-5,9,12-15H2,1-3H3,(H,29,33)(H,30,34)/t16?,18-,19?,20-,21+,22-,23?,27?/m1/s1. The predicted molar refractivity (Wildman–Crippen MR) is 139 cm³/mol. The van der Waals surface area contributed by atoms with Gasteiger partial charge >= 0.3 is 0 Å². The second-order valence-corrected chi connectivity index (χ2v) is 11.6. The molecule has 9 heteroatoms. The minimum absolute atomic E-state index is 0.0707. The van der Waals surface area contributed by atoms with Gasteiger partial charge in [-0.25, -0.2) is 0 Å². The number of rotatable bonds is 11. The first-order valence-corrected chi connectivity index (χ1v) is 14.1. The van der Waals surface area contributed by atoms with E-state index in [4.69, 9.17) is 4.74 Å².